The zero-order valence-corrected chi connectivity index (χ0v) is 9.51. The van der Waals surface area contributed by atoms with Crippen LogP contribution in [0.15, 0.2) is 0 Å². The second-order valence-electron chi connectivity index (χ2n) is 0.660. The van der Waals surface area contributed by atoms with Gasteiger partial charge in [0.1, 0.15) is 0 Å². The van der Waals surface area contributed by atoms with Crippen LogP contribution >= 0.6 is 47.5 Å². The van der Waals surface area contributed by atoms with Gasteiger partial charge >= 0.3 is 76.8 Å². The summed E-state index contributed by atoms with van der Waals surface area (Å²) in [6.45, 7) is 0. The Hall–Kier alpha value is 1.69. The zero-order chi connectivity index (χ0) is 7.33. The molecule has 0 aromatic rings. The van der Waals surface area contributed by atoms with E-state index in [0.29, 0.717) is 0 Å². The van der Waals surface area contributed by atoms with Gasteiger partial charge in [0.15, 0.2) is 0 Å². The van der Waals surface area contributed by atoms with E-state index in [2.05, 4.69) is 11.8 Å². The molecule has 0 aromatic heterocycles. The van der Waals surface area contributed by atoms with Crippen LogP contribution in [0.1, 0.15) is 0 Å². The average molecular weight is 390 g/mol. The van der Waals surface area contributed by atoms with Crippen LogP contribution in [0.25, 0.3) is 0 Å². The van der Waals surface area contributed by atoms with E-state index in [9.17, 15) is 0 Å². The van der Waals surface area contributed by atoms with Gasteiger partial charge in [-0.05, 0) is 0 Å². The van der Waals surface area contributed by atoms with E-state index in [1.54, 1.807) is 0 Å². The minimum absolute atomic E-state index is 4.00. The molecule has 0 aromatic carbocycles. The summed E-state index contributed by atoms with van der Waals surface area (Å²) < 4.78 is 16.0. The molecule has 4 nitrogen and oxygen atoms in total. The van der Waals surface area contributed by atoms with E-state index in [1.165, 1.54) is 0 Å². The molecule has 0 amide bonds. The van der Waals surface area contributed by atoms with E-state index >= 15 is 0 Å². The average Bonchev–Trinajstić information content (AvgIpc) is 1.95. The van der Waals surface area contributed by atoms with Crippen molar-refractivity contribution in [1.82, 2.24) is 0 Å². The van der Waals surface area contributed by atoms with Gasteiger partial charge in [0.05, 0.1) is 0 Å². The molecule has 9 heteroatoms. The summed E-state index contributed by atoms with van der Waals surface area (Å²) in [6.07, 6.45) is 0. The molecular formula is Cl4O4W. The number of halogens is 4. The summed E-state index contributed by atoms with van der Waals surface area (Å²) in [5, 5.41) is 0. The van der Waals surface area contributed by atoms with Gasteiger partial charge < -0.3 is 0 Å². The van der Waals surface area contributed by atoms with Crippen LogP contribution in [-0.4, -0.2) is 0 Å². The van der Waals surface area contributed by atoms with E-state index in [0.717, 1.165) is 0 Å². The first kappa shape index (κ1) is 10.7. The maximum absolute atomic E-state index is 4.79. The van der Waals surface area contributed by atoms with Crippen molar-refractivity contribution in [3.63, 3.8) is 0 Å². The Bertz CT molecular complexity index is 55.5. The summed E-state index contributed by atoms with van der Waals surface area (Å²) in [5.41, 5.74) is 0. The summed E-state index contributed by atoms with van der Waals surface area (Å²) in [7, 11) is 0. The molecule has 9 heavy (non-hydrogen) atoms. The zero-order valence-electron chi connectivity index (χ0n) is 3.55. The molecule has 0 saturated heterocycles. The van der Waals surface area contributed by atoms with Crippen LogP contribution in [0.4, 0.5) is 0 Å². The standard InChI is InChI=1S/4ClO.W/c4*1-2;/q4*-1;+4. The van der Waals surface area contributed by atoms with E-state index in [4.69, 9.17) is 47.5 Å². The molecule has 0 saturated carbocycles. The normalized spacial score (nSPS) is 13.8. The fourth-order valence-electron chi connectivity index (χ4n) is 0.0583. The van der Waals surface area contributed by atoms with Gasteiger partial charge in [0, 0.05) is 0 Å². The molecule has 0 aliphatic carbocycles. The Balaban J connectivity index is 3.82. The predicted octanol–water partition coefficient (Wildman–Crippen LogP) is 2.48. The quantitative estimate of drug-likeness (QED) is 0.740. The van der Waals surface area contributed by atoms with Crippen molar-refractivity contribution < 1.29 is 29.4 Å². The fraction of sp³-hybridized carbons (Fsp3) is 0. The Morgan fingerprint density at radius 2 is 0.889 bits per heavy atom. The van der Waals surface area contributed by atoms with Crippen LogP contribution in [0.2, 0.25) is 0 Å². The second kappa shape index (κ2) is 5.35. The Labute approximate surface area is 76.5 Å². The predicted molar refractivity (Wildman–Crippen MR) is 27.8 cm³/mol. The van der Waals surface area contributed by atoms with Crippen molar-refractivity contribution in [3.8, 4) is 0 Å². The summed E-state index contributed by atoms with van der Waals surface area (Å²) in [6, 6.07) is 0. The molecule has 0 rings (SSSR count). The third-order valence-corrected chi connectivity index (χ3v) is 7.58. The van der Waals surface area contributed by atoms with Crippen molar-refractivity contribution in [2.45, 2.75) is 0 Å². The molecule has 0 heterocycles. The first-order valence-electron chi connectivity index (χ1n) is 1.28. The van der Waals surface area contributed by atoms with Crippen LogP contribution in [-0.2, 0) is 29.4 Å². The SMILES string of the molecule is Cl[O][W]([O]Cl)([O]Cl)[O]Cl. The van der Waals surface area contributed by atoms with E-state index in [1.807, 2.05) is 0 Å². The van der Waals surface area contributed by atoms with Gasteiger partial charge in [0.25, 0.3) is 0 Å². The molecule has 0 N–H and O–H groups in total. The third-order valence-electron chi connectivity index (χ3n) is 0.309. The van der Waals surface area contributed by atoms with Crippen LogP contribution < -0.4 is 0 Å². The summed E-state index contributed by atoms with van der Waals surface area (Å²) >= 11 is 14.8. The Kier molecular flexibility index (Phi) is 6.36. The monoisotopic (exact) mass is 388 g/mol. The fourth-order valence-corrected chi connectivity index (χ4v) is 4.30. The third kappa shape index (κ3) is 3.06. The number of hydrogen-bond acceptors (Lipinski definition) is 4. The topological polar surface area (TPSA) is 36.9 Å². The summed E-state index contributed by atoms with van der Waals surface area (Å²) in [5.74, 6) is 0. The van der Waals surface area contributed by atoms with E-state index in [-0.39, 0.29) is 0 Å². The van der Waals surface area contributed by atoms with Crippen molar-refractivity contribution in [2.24, 2.45) is 0 Å². The first-order valence-corrected chi connectivity index (χ1v) is 7.31. The van der Waals surface area contributed by atoms with Crippen molar-refractivity contribution in [3.05, 3.63) is 0 Å². The van der Waals surface area contributed by atoms with Gasteiger partial charge in [-0.2, -0.15) is 0 Å². The van der Waals surface area contributed by atoms with E-state index < -0.39 is 17.6 Å². The molecule has 0 unspecified atom stereocenters. The molecular weight excluding hydrogens is 390 g/mol. The van der Waals surface area contributed by atoms with Gasteiger partial charge in [-0.25, -0.2) is 0 Å². The van der Waals surface area contributed by atoms with Crippen molar-refractivity contribution in [1.29, 1.82) is 0 Å². The van der Waals surface area contributed by atoms with Crippen LogP contribution in [0.5, 0.6) is 0 Å². The molecule has 58 valence electrons. The molecule has 0 aliphatic rings. The molecule has 0 spiro atoms. The van der Waals surface area contributed by atoms with Gasteiger partial charge in [-0.1, -0.05) is 0 Å². The molecule has 0 radical (unpaired) electrons. The second-order valence-corrected chi connectivity index (χ2v) is 9.53. The minimum atomic E-state index is -4.31. The van der Waals surface area contributed by atoms with Gasteiger partial charge in [-0.3, -0.25) is 0 Å². The maximum atomic E-state index is 4.79. The van der Waals surface area contributed by atoms with Crippen molar-refractivity contribution in [2.75, 3.05) is 0 Å². The van der Waals surface area contributed by atoms with Gasteiger partial charge in [0.2, 0.25) is 0 Å². The Morgan fingerprint density at radius 3 is 0.889 bits per heavy atom. The summed E-state index contributed by atoms with van der Waals surface area (Å²) in [4.78, 5) is 0. The Morgan fingerprint density at radius 1 is 0.667 bits per heavy atom. The molecule has 0 atom stereocenters. The molecule has 0 bridgehead atoms. The first-order chi connectivity index (χ1) is 4.24. The number of rotatable bonds is 4. The molecule has 0 aliphatic heterocycles. The van der Waals surface area contributed by atoms with Crippen molar-refractivity contribution >= 4 is 47.5 Å². The van der Waals surface area contributed by atoms with Crippen LogP contribution in [0, 0.1) is 0 Å². The molecule has 0 fully saturated rings. The van der Waals surface area contributed by atoms with Crippen LogP contribution in [0.3, 0.4) is 0 Å². The number of hydrogen-bond donors (Lipinski definition) is 0. The van der Waals surface area contributed by atoms with Gasteiger partial charge in [-0.15, -0.1) is 0 Å².